The van der Waals surface area contributed by atoms with Crippen LogP contribution in [0.5, 0.6) is 0 Å². The molecular weight excluding hydrogens is 224 g/mol. The molecule has 1 fully saturated rings. The molecule has 1 aromatic carbocycles. The van der Waals surface area contributed by atoms with Gasteiger partial charge in [-0.3, -0.25) is 4.90 Å². The maximum Gasteiger partial charge on any atom is 0.0674 e. The summed E-state index contributed by atoms with van der Waals surface area (Å²) in [5.74, 6) is 0. The highest BCUT2D eigenvalue weighted by atomic mass is 16.5. The van der Waals surface area contributed by atoms with Crippen molar-refractivity contribution < 1.29 is 4.74 Å². The van der Waals surface area contributed by atoms with Crippen molar-refractivity contribution in [1.82, 2.24) is 10.2 Å². The molecule has 1 aromatic rings. The van der Waals surface area contributed by atoms with E-state index in [4.69, 9.17) is 4.74 Å². The molecule has 2 aliphatic rings. The van der Waals surface area contributed by atoms with Gasteiger partial charge in [0, 0.05) is 32.2 Å². The number of fused-ring (bicyclic) bond motifs is 1. The van der Waals surface area contributed by atoms with Gasteiger partial charge in [0.2, 0.25) is 0 Å². The Labute approximate surface area is 109 Å². The summed E-state index contributed by atoms with van der Waals surface area (Å²) >= 11 is 0. The van der Waals surface area contributed by atoms with Crippen molar-refractivity contribution in [3.63, 3.8) is 0 Å². The third kappa shape index (κ3) is 2.74. The lowest BCUT2D eigenvalue weighted by molar-refractivity contribution is -0.0212. The molecule has 3 nitrogen and oxygen atoms in total. The van der Waals surface area contributed by atoms with Gasteiger partial charge in [0.15, 0.2) is 0 Å². The third-order valence-electron chi connectivity index (χ3n) is 3.97. The minimum Gasteiger partial charge on any atom is -0.376 e. The molecule has 0 bridgehead atoms. The highest BCUT2D eigenvalue weighted by Crippen LogP contribution is 2.17. The van der Waals surface area contributed by atoms with Crippen LogP contribution in [0, 0.1) is 0 Å². The monoisotopic (exact) mass is 246 g/mol. The van der Waals surface area contributed by atoms with Crippen molar-refractivity contribution >= 4 is 0 Å². The van der Waals surface area contributed by atoms with Crippen LogP contribution in [0.4, 0.5) is 0 Å². The smallest absolute Gasteiger partial charge is 0.0674 e. The zero-order valence-electron chi connectivity index (χ0n) is 11.1. The first-order valence-corrected chi connectivity index (χ1v) is 6.95. The van der Waals surface area contributed by atoms with Crippen LogP contribution >= 0.6 is 0 Å². The predicted molar refractivity (Wildman–Crippen MR) is 72.6 cm³/mol. The number of morpholine rings is 1. The van der Waals surface area contributed by atoms with E-state index in [-0.39, 0.29) is 0 Å². The molecule has 0 aliphatic carbocycles. The Morgan fingerprint density at radius 2 is 2.17 bits per heavy atom. The highest BCUT2D eigenvalue weighted by molar-refractivity contribution is 5.29. The van der Waals surface area contributed by atoms with Gasteiger partial charge in [0.1, 0.15) is 0 Å². The second kappa shape index (κ2) is 5.39. The van der Waals surface area contributed by atoms with Crippen molar-refractivity contribution in [2.75, 3.05) is 26.2 Å². The quantitative estimate of drug-likeness (QED) is 0.854. The molecule has 3 rings (SSSR count). The first kappa shape index (κ1) is 12.2. The maximum atomic E-state index is 5.59. The molecule has 2 heterocycles. The van der Waals surface area contributed by atoms with Crippen LogP contribution in [0.3, 0.4) is 0 Å². The molecule has 3 heteroatoms. The molecule has 0 aromatic heterocycles. The van der Waals surface area contributed by atoms with E-state index < -0.39 is 0 Å². The lowest BCUT2D eigenvalue weighted by Gasteiger charge is -2.35. The largest absolute Gasteiger partial charge is 0.376 e. The number of hydrogen-bond acceptors (Lipinski definition) is 3. The molecule has 1 saturated heterocycles. The Hall–Kier alpha value is -0.900. The molecule has 18 heavy (non-hydrogen) atoms. The number of benzene rings is 1. The molecule has 0 radical (unpaired) electrons. The minimum atomic E-state index is 0.384. The summed E-state index contributed by atoms with van der Waals surface area (Å²) in [5.41, 5.74) is 2.98. The summed E-state index contributed by atoms with van der Waals surface area (Å²) in [6.45, 7) is 7.34. The van der Waals surface area contributed by atoms with Gasteiger partial charge in [0.05, 0.1) is 12.7 Å². The normalized spacial score (nSPS) is 28.9. The SMILES string of the molecule is CC1CN(CC2Cc3ccccc3CN2)CCO1. The summed E-state index contributed by atoms with van der Waals surface area (Å²) < 4.78 is 5.59. The van der Waals surface area contributed by atoms with E-state index in [1.165, 1.54) is 11.1 Å². The Morgan fingerprint density at radius 3 is 3.00 bits per heavy atom. The molecule has 0 spiro atoms. The fraction of sp³-hybridized carbons (Fsp3) is 0.600. The molecule has 0 amide bonds. The van der Waals surface area contributed by atoms with Crippen LogP contribution in [-0.4, -0.2) is 43.3 Å². The molecule has 2 aliphatic heterocycles. The molecule has 1 N–H and O–H groups in total. The van der Waals surface area contributed by atoms with Gasteiger partial charge in [0.25, 0.3) is 0 Å². The fourth-order valence-corrected chi connectivity index (χ4v) is 3.02. The van der Waals surface area contributed by atoms with E-state index in [1.807, 2.05) is 0 Å². The minimum absolute atomic E-state index is 0.384. The summed E-state index contributed by atoms with van der Waals surface area (Å²) in [4.78, 5) is 2.53. The van der Waals surface area contributed by atoms with Crippen LogP contribution in [-0.2, 0) is 17.7 Å². The molecule has 98 valence electrons. The molecule has 2 atom stereocenters. The summed E-state index contributed by atoms with van der Waals surface area (Å²) in [6, 6.07) is 9.37. The average molecular weight is 246 g/mol. The number of rotatable bonds is 2. The van der Waals surface area contributed by atoms with Crippen LogP contribution < -0.4 is 5.32 Å². The molecule has 0 saturated carbocycles. The summed E-state index contributed by atoms with van der Waals surface area (Å²) in [6.07, 6.45) is 1.54. The molecular formula is C15H22N2O. The third-order valence-corrected chi connectivity index (χ3v) is 3.97. The standard InChI is InChI=1S/C15H22N2O/c1-12-10-17(6-7-18-12)11-15-8-13-4-2-3-5-14(13)9-16-15/h2-5,12,15-16H,6-11H2,1H3. The van der Waals surface area contributed by atoms with E-state index in [0.717, 1.165) is 39.2 Å². The fourth-order valence-electron chi connectivity index (χ4n) is 3.02. The Balaban J connectivity index is 1.59. The second-order valence-electron chi connectivity index (χ2n) is 5.49. The van der Waals surface area contributed by atoms with Crippen LogP contribution in [0.25, 0.3) is 0 Å². The first-order valence-electron chi connectivity index (χ1n) is 6.95. The molecule has 2 unspecified atom stereocenters. The number of nitrogens with one attached hydrogen (secondary N) is 1. The van der Waals surface area contributed by atoms with Crippen LogP contribution in [0.1, 0.15) is 18.1 Å². The lowest BCUT2D eigenvalue weighted by Crippen LogP contribution is -2.49. The van der Waals surface area contributed by atoms with E-state index in [9.17, 15) is 0 Å². The number of hydrogen-bond donors (Lipinski definition) is 1. The van der Waals surface area contributed by atoms with Crippen molar-refractivity contribution in [3.8, 4) is 0 Å². The first-order chi connectivity index (χ1) is 8.81. The Kier molecular flexibility index (Phi) is 3.64. The van der Waals surface area contributed by atoms with E-state index in [0.29, 0.717) is 12.1 Å². The van der Waals surface area contributed by atoms with Crippen LogP contribution in [0.2, 0.25) is 0 Å². The lowest BCUT2D eigenvalue weighted by atomic mass is 9.95. The van der Waals surface area contributed by atoms with Gasteiger partial charge >= 0.3 is 0 Å². The van der Waals surface area contributed by atoms with Gasteiger partial charge in [-0.2, -0.15) is 0 Å². The van der Waals surface area contributed by atoms with Gasteiger partial charge in [-0.25, -0.2) is 0 Å². The number of ether oxygens (including phenoxy) is 1. The van der Waals surface area contributed by atoms with Crippen molar-refractivity contribution in [3.05, 3.63) is 35.4 Å². The topological polar surface area (TPSA) is 24.5 Å². The van der Waals surface area contributed by atoms with Gasteiger partial charge < -0.3 is 10.1 Å². The summed E-state index contributed by atoms with van der Waals surface area (Å²) in [7, 11) is 0. The van der Waals surface area contributed by atoms with E-state index in [2.05, 4.69) is 41.4 Å². The van der Waals surface area contributed by atoms with Gasteiger partial charge in [-0.1, -0.05) is 24.3 Å². The van der Waals surface area contributed by atoms with E-state index >= 15 is 0 Å². The average Bonchev–Trinajstić information content (AvgIpc) is 2.39. The van der Waals surface area contributed by atoms with Crippen molar-refractivity contribution in [1.29, 1.82) is 0 Å². The van der Waals surface area contributed by atoms with Gasteiger partial charge in [-0.05, 0) is 24.5 Å². The van der Waals surface area contributed by atoms with Crippen LogP contribution in [0.15, 0.2) is 24.3 Å². The second-order valence-corrected chi connectivity index (χ2v) is 5.49. The Bertz CT molecular complexity index is 407. The highest BCUT2D eigenvalue weighted by Gasteiger charge is 2.23. The summed E-state index contributed by atoms with van der Waals surface area (Å²) in [5, 5.41) is 3.65. The van der Waals surface area contributed by atoms with Gasteiger partial charge in [-0.15, -0.1) is 0 Å². The predicted octanol–water partition coefficient (Wildman–Crippen LogP) is 1.42. The maximum absolute atomic E-state index is 5.59. The number of nitrogens with zero attached hydrogens (tertiary/aromatic N) is 1. The van der Waals surface area contributed by atoms with E-state index in [1.54, 1.807) is 0 Å². The zero-order valence-corrected chi connectivity index (χ0v) is 11.1. The van der Waals surface area contributed by atoms with Crippen molar-refractivity contribution in [2.24, 2.45) is 0 Å². The Morgan fingerprint density at radius 1 is 1.33 bits per heavy atom. The van der Waals surface area contributed by atoms with Crippen molar-refractivity contribution in [2.45, 2.75) is 32.0 Å². The zero-order chi connectivity index (χ0) is 12.4.